The van der Waals surface area contributed by atoms with Crippen molar-refractivity contribution in [3.8, 4) is 0 Å². The lowest BCUT2D eigenvalue weighted by molar-refractivity contribution is -0.145. The molecule has 0 radical (unpaired) electrons. The Hall–Kier alpha value is -0.749. The Labute approximate surface area is 180 Å². The van der Waals surface area contributed by atoms with Gasteiger partial charge in [0.2, 0.25) is 0 Å². The van der Waals surface area contributed by atoms with Crippen LogP contribution in [-0.4, -0.2) is 50.6 Å². The zero-order valence-electron chi connectivity index (χ0n) is 19.3. The van der Waals surface area contributed by atoms with Crippen LogP contribution in [0, 0.1) is 0 Å². The van der Waals surface area contributed by atoms with Gasteiger partial charge in [-0.1, -0.05) is 13.3 Å². The summed E-state index contributed by atoms with van der Waals surface area (Å²) in [5, 5.41) is 0. The minimum atomic E-state index is -1.86. The van der Waals surface area contributed by atoms with E-state index in [4.69, 9.17) is 17.7 Å². The van der Waals surface area contributed by atoms with Gasteiger partial charge in [0.1, 0.15) is 6.10 Å². The molecule has 0 N–H and O–H groups in total. The minimum Gasteiger partial charge on any atom is -0.463 e. The smallest absolute Gasteiger partial charge is 0.331 e. The predicted octanol–water partition coefficient (Wildman–Crippen LogP) is 4.67. The summed E-state index contributed by atoms with van der Waals surface area (Å²) in [6, 6.07) is 0. The lowest BCUT2D eigenvalue weighted by atomic mass is 9.98. The maximum atomic E-state index is 11.9. The Balaban J connectivity index is 2.40. The van der Waals surface area contributed by atoms with E-state index in [9.17, 15) is 9.59 Å². The predicted molar refractivity (Wildman–Crippen MR) is 123 cm³/mol. The van der Waals surface area contributed by atoms with Gasteiger partial charge in [-0.05, 0) is 76.9 Å². The zero-order chi connectivity index (χ0) is 22.1. The molecule has 168 valence electrons. The van der Waals surface area contributed by atoms with Gasteiger partial charge in [-0.25, -0.2) is 9.59 Å². The molecule has 0 aromatic carbocycles. The monoisotopic (exact) mass is 460 g/mol. The summed E-state index contributed by atoms with van der Waals surface area (Å²) in [4.78, 5) is 23.7. The summed E-state index contributed by atoms with van der Waals surface area (Å²) in [5.41, 5.74) is 0.237. The average molecular weight is 461 g/mol. The van der Waals surface area contributed by atoms with E-state index >= 15 is 0 Å². The van der Waals surface area contributed by atoms with Crippen molar-refractivity contribution in [3.63, 3.8) is 0 Å². The van der Waals surface area contributed by atoms with Crippen molar-refractivity contribution in [1.29, 1.82) is 0 Å². The largest absolute Gasteiger partial charge is 0.463 e. The first-order chi connectivity index (χ1) is 13.4. The standard InChI is InChI=1S/C20H40O6Si3/c1-17(27(25-28(2,3)4)26-29(5,6)7)15-16-23-19(21)13-14-20(22)24-18-11-9-8-10-12-18/h13-14,17-18,27H,8-12,15-16H2,1-7H3/b14-13+. The lowest BCUT2D eigenvalue weighted by Crippen LogP contribution is -2.45. The van der Waals surface area contributed by atoms with Gasteiger partial charge in [0, 0.05) is 12.2 Å². The van der Waals surface area contributed by atoms with Crippen LogP contribution in [0.4, 0.5) is 0 Å². The van der Waals surface area contributed by atoms with Crippen molar-refractivity contribution in [2.75, 3.05) is 6.61 Å². The van der Waals surface area contributed by atoms with Crippen LogP contribution in [0.25, 0.3) is 0 Å². The van der Waals surface area contributed by atoms with Gasteiger partial charge >= 0.3 is 21.2 Å². The van der Waals surface area contributed by atoms with E-state index in [2.05, 4.69) is 46.2 Å². The number of esters is 2. The number of hydrogen-bond donors (Lipinski definition) is 0. The number of carbonyl (C=O) groups excluding carboxylic acids is 2. The molecule has 1 atom stereocenters. The molecule has 1 rings (SSSR count). The Morgan fingerprint density at radius 3 is 1.97 bits per heavy atom. The van der Waals surface area contributed by atoms with Crippen molar-refractivity contribution in [2.24, 2.45) is 0 Å². The van der Waals surface area contributed by atoms with E-state index in [-0.39, 0.29) is 18.3 Å². The van der Waals surface area contributed by atoms with E-state index in [1.807, 2.05) is 0 Å². The molecule has 0 spiro atoms. The first-order valence-electron chi connectivity index (χ1n) is 10.8. The summed E-state index contributed by atoms with van der Waals surface area (Å²) in [6.07, 6.45) is 8.20. The Bertz CT molecular complexity index is 531. The van der Waals surface area contributed by atoms with E-state index in [0.29, 0.717) is 6.42 Å². The number of carbonyl (C=O) groups is 2. The molecule has 0 amide bonds. The SMILES string of the molecule is CC(CCOC(=O)/C=C/C(=O)OC1CCCCC1)[SiH](O[Si](C)(C)C)O[Si](C)(C)C. The fourth-order valence-corrected chi connectivity index (χ4v) is 11.5. The van der Waals surface area contributed by atoms with Gasteiger partial charge in [-0.3, -0.25) is 0 Å². The van der Waals surface area contributed by atoms with Crippen LogP contribution in [0.1, 0.15) is 45.4 Å². The highest BCUT2D eigenvalue weighted by Gasteiger charge is 2.32. The van der Waals surface area contributed by atoms with Crippen LogP contribution < -0.4 is 0 Å². The van der Waals surface area contributed by atoms with Crippen molar-refractivity contribution in [2.45, 2.75) is 96.4 Å². The summed E-state index contributed by atoms with van der Waals surface area (Å²) in [6.45, 7) is 15.4. The van der Waals surface area contributed by atoms with Crippen molar-refractivity contribution >= 4 is 37.9 Å². The minimum absolute atomic E-state index is 0.0163. The molecule has 0 heterocycles. The number of ether oxygens (including phenoxy) is 2. The Morgan fingerprint density at radius 2 is 1.45 bits per heavy atom. The van der Waals surface area contributed by atoms with Crippen LogP contribution in [0.3, 0.4) is 0 Å². The van der Waals surface area contributed by atoms with Gasteiger partial charge in [0.05, 0.1) is 6.61 Å². The quantitative estimate of drug-likeness (QED) is 0.254. The molecule has 0 aromatic rings. The van der Waals surface area contributed by atoms with Crippen LogP contribution in [-0.2, 0) is 27.3 Å². The van der Waals surface area contributed by atoms with E-state index in [1.165, 1.54) is 12.5 Å². The van der Waals surface area contributed by atoms with Gasteiger partial charge in [-0.15, -0.1) is 0 Å². The van der Waals surface area contributed by atoms with Crippen LogP contribution in [0.2, 0.25) is 44.8 Å². The van der Waals surface area contributed by atoms with E-state index in [0.717, 1.165) is 31.8 Å². The molecule has 0 aliphatic heterocycles. The average Bonchev–Trinajstić information content (AvgIpc) is 2.58. The van der Waals surface area contributed by atoms with Gasteiger partial charge in [0.25, 0.3) is 0 Å². The second kappa shape index (κ2) is 12.2. The molecule has 29 heavy (non-hydrogen) atoms. The third-order valence-corrected chi connectivity index (χ3v) is 13.2. The molecule has 1 fully saturated rings. The molecular formula is C20H40O6Si3. The third-order valence-electron chi connectivity index (χ3n) is 4.41. The summed E-state index contributed by atoms with van der Waals surface area (Å²) >= 11 is 0. The first kappa shape index (κ1) is 26.3. The van der Waals surface area contributed by atoms with E-state index < -0.39 is 37.9 Å². The highest BCUT2D eigenvalue weighted by atomic mass is 28.4. The van der Waals surface area contributed by atoms with Crippen LogP contribution in [0.15, 0.2) is 12.2 Å². The fraction of sp³-hybridized carbons (Fsp3) is 0.800. The second-order valence-corrected chi connectivity index (χ2v) is 22.0. The zero-order valence-corrected chi connectivity index (χ0v) is 22.4. The molecule has 1 aliphatic carbocycles. The first-order valence-corrected chi connectivity index (χ1v) is 19.2. The second-order valence-electron chi connectivity index (χ2n) is 9.79. The van der Waals surface area contributed by atoms with Crippen LogP contribution in [0.5, 0.6) is 0 Å². The summed E-state index contributed by atoms with van der Waals surface area (Å²) in [7, 11) is -5.25. The van der Waals surface area contributed by atoms with Crippen molar-refractivity contribution in [3.05, 3.63) is 12.2 Å². The van der Waals surface area contributed by atoms with Crippen molar-refractivity contribution < 1.29 is 27.3 Å². The molecule has 1 unspecified atom stereocenters. The van der Waals surface area contributed by atoms with E-state index in [1.54, 1.807) is 0 Å². The van der Waals surface area contributed by atoms with Gasteiger partial charge < -0.3 is 17.7 Å². The Kier molecular flexibility index (Phi) is 11.0. The maximum Gasteiger partial charge on any atom is 0.331 e. The summed E-state index contributed by atoms with van der Waals surface area (Å²) in [5.74, 6) is -0.991. The molecule has 6 nitrogen and oxygen atoms in total. The van der Waals surface area contributed by atoms with Gasteiger partial charge in [-0.2, -0.15) is 0 Å². The molecule has 0 aromatic heterocycles. The lowest BCUT2D eigenvalue weighted by Gasteiger charge is -2.33. The Morgan fingerprint density at radius 1 is 0.931 bits per heavy atom. The molecule has 9 heteroatoms. The highest BCUT2D eigenvalue weighted by Crippen LogP contribution is 2.23. The highest BCUT2D eigenvalue weighted by molar-refractivity contribution is 6.81. The molecular weight excluding hydrogens is 420 g/mol. The van der Waals surface area contributed by atoms with Crippen molar-refractivity contribution in [1.82, 2.24) is 0 Å². The molecule has 1 aliphatic rings. The fourth-order valence-electron chi connectivity index (χ4n) is 3.01. The van der Waals surface area contributed by atoms with Crippen LogP contribution >= 0.6 is 0 Å². The third kappa shape index (κ3) is 13.2. The molecule has 0 saturated heterocycles. The number of rotatable bonds is 11. The summed E-state index contributed by atoms with van der Waals surface area (Å²) < 4.78 is 23.3. The number of hydrogen-bond acceptors (Lipinski definition) is 6. The molecule has 0 bridgehead atoms. The molecule has 1 saturated carbocycles. The normalized spacial score (nSPS) is 17.5. The topological polar surface area (TPSA) is 71.1 Å². The maximum absolute atomic E-state index is 11.9. The van der Waals surface area contributed by atoms with Gasteiger partial charge in [0.15, 0.2) is 16.6 Å².